The number of aromatic nitrogens is 2. The maximum Gasteiger partial charge on any atom is 0.487 e. The molecule has 136 valence electrons. The number of hydrogen-bond donors (Lipinski definition) is 1. The summed E-state index contributed by atoms with van der Waals surface area (Å²) in [6.45, 7) is 2.43. The highest BCUT2D eigenvalue weighted by Gasteiger charge is 2.28. The largest absolute Gasteiger partial charge is 0.487 e. The number of amides is 1. The molecule has 3 rings (SSSR count). The molecule has 0 radical (unpaired) electrons. The molecule has 1 amide bonds. The first-order valence-corrected chi connectivity index (χ1v) is 7.98. The van der Waals surface area contributed by atoms with Crippen LogP contribution >= 0.6 is 11.6 Å². The molecule has 1 N–H and O–H groups in total. The molecule has 0 bridgehead atoms. The number of nitrogens with zero attached hydrogens (tertiary/aromatic N) is 4. The third-order valence-corrected chi connectivity index (χ3v) is 3.65. The second kappa shape index (κ2) is 7.20. The Hall–Kier alpha value is -2.81. The summed E-state index contributed by atoms with van der Waals surface area (Å²) >= 11 is 4.73. The van der Waals surface area contributed by atoms with E-state index in [2.05, 4.69) is 25.1 Å². The van der Waals surface area contributed by atoms with E-state index in [0.29, 0.717) is 23.6 Å². The van der Waals surface area contributed by atoms with Crippen LogP contribution in [0.5, 0.6) is 5.75 Å². The molecule has 1 aliphatic heterocycles. The van der Waals surface area contributed by atoms with Crippen molar-refractivity contribution in [2.75, 3.05) is 11.6 Å². The molecule has 0 spiro atoms. The van der Waals surface area contributed by atoms with Crippen molar-refractivity contribution in [1.29, 1.82) is 0 Å². The maximum atomic E-state index is 12.6. The summed E-state index contributed by atoms with van der Waals surface area (Å²) in [4.78, 5) is 19.8. The van der Waals surface area contributed by atoms with E-state index in [1.807, 2.05) is 6.92 Å². The fourth-order valence-electron chi connectivity index (χ4n) is 2.35. The van der Waals surface area contributed by atoms with Crippen LogP contribution in [-0.4, -0.2) is 33.8 Å². The zero-order valence-corrected chi connectivity index (χ0v) is 14.3. The zero-order valence-electron chi connectivity index (χ0n) is 13.6. The van der Waals surface area contributed by atoms with Crippen LogP contribution in [0.1, 0.15) is 17.3 Å². The van der Waals surface area contributed by atoms with Crippen molar-refractivity contribution in [2.45, 2.75) is 12.5 Å². The first-order chi connectivity index (χ1) is 12.3. The van der Waals surface area contributed by atoms with E-state index >= 15 is 0 Å². The number of halogens is 3. The van der Waals surface area contributed by atoms with Crippen molar-refractivity contribution in [2.24, 2.45) is 11.0 Å². The van der Waals surface area contributed by atoms with Gasteiger partial charge in [-0.2, -0.15) is 5.10 Å². The van der Waals surface area contributed by atoms with Gasteiger partial charge in [0.2, 0.25) is 0 Å². The van der Waals surface area contributed by atoms with E-state index in [9.17, 15) is 13.6 Å². The van der Waals surface area contributed by atoms with Crippen molar-refractivity contribution in [3.05, 3.63) is 48.5 Å². The number of hydrazone groups is 1. The Morgan fingerprint density at radius 1 is 1.31 bits per heavy atom. The number of alkyl halides is 3. The van der Waals surface area contributed by atoms with Crippen LogP contribution in [0.3, 0.4) is 0 Å². The van der Waals surface area contributed by atoms with Crippen molar-refractivity contribution in [3.8, 4) is 5.75 Å². The normalized spacial score (nSPS) is 17.0. The second-order valence-corrected chi connectivity index (χ2v) is 6.03. The van der Waals surface area contributed by atoms with E-state index in [-0.39, 0.29) is 17.6 Å². The van der Waals surface area contributed by atoms with Crippen LogP contribution < -0.4 is 15.1 Å². The number of rotatable bonds is 4. The van der Waals surface area contributed by atoms with Gasteiger partial charge in [-0.05, 0) is 24.3 Å². The fraction of sp³-hybridized carbons (Fsp3) is 0.250. The van der Waals surface area contributed by atoms with E-state index in [1.54, 1.807) is 17.1 Å². The standard InChI is InChI=1S/C16H14ClF2N5O2/c1-10-8-24(12-2-4-13(5-3-12)26-16(17,18)19)23-14(10)22-15(25)11-6-20-9-21-7-11/h2-7,9-10H,8H2,1H3,(H,22,23,25)/t10-/m0/s1. The van der Waals surface area contributed by atoms with Crippen LogP contribution in [0.15, 0.2) is 48.1 Å². The summed E-state index contributed by atoms with van der Waals surface area (Å²) in [7, 11) is 0. The Morgan fingerprint density at radius 3 is 2.58 bits per heavy atom. The number of carbonyl (C=O) groups excluding carboxylic acids is 1. The van der Waals surface area contributed by atoms with Gasteiger partial charge in [0.05, 0.1) is 17.8 Å². The first-order valence-electron chi connectivity index (χ1n) is 7.60. The van der Waals surface area contributed by atoms with Gasteiger partial charge in [-0.15, -0.1) is 8.78 Å². The van der Waals surface area contributed by atoms with Crippen LogP contribution in [0.25, 0.3) is 0 Å². The Morgan fingerprint density at radius 2 is 1.96 bits per heavy atom. The molecule has 0 saturated carbocycles. The van der Waals surface area contributed by atoms with Gasteiger partial charge in [0.1, 0.15) is 17.9 Å². The molecule has 0 fully saturated rings. The third kappa shape index (κ3) is 4.42. The van der Waals surface area contributed by atoms with E-state index in [4.69, 9.17) is 11.6 Å². The minimum absolute atomic E-state index is 0.0355. The number of carbonyl (C=O) groups is 1. The average Bonchev–Trinajstić information content (AvgIpc) is 2.95. The number of nitrogens with one attached hydrogen (secondary N) is 1. The first kappa shape index (κ1) is 18.0. The van der Waals surface area contributed by atoms with Gasteiger partial charge < -0.3 is 10.1 Å². The number of hydrogen-bond acceptors (Lipinski definition) is 6. The lowest BCUT2D eigenvalue weighted by Crippen LogP contribution is -2.33. The maximum absolute atomic E-state index is 12.6. The number of benzene rings is 1. The van der Waals surface area contributed by atoms with Gasteiger partial charge in [-0.25, -0.2) is 9.97 Å². The molecule has 2 heterocycles. The smallest absolute Gasteiger partial charge is 0.420 e. The van der Waals surface area contributed by atoms with E-state index in [1.165, 1.54) is 30.9 Å². The van der Waals surface area contributed by atoms with E-state index in [0.717, 1.165) is 0 Å². The quantitative estimate of drug-likeness (QED) is 0.824. The monoisotopic (exact) mass is 381 g/mol. The molecule has 1 aliphatic rings. The molecule has 1 aromatic carbocycles. The van der Waals surface area contributed by atoms with Crippen molar-refractivity contribution in [3.63, 3.8) is 0 Å². The highest BCUT2D eigenvalue weighted by atomic mass is 35.5. The predicted molar refractivity (Wildman–Crippen MR) is 91.3 cm³/mol. The van der Waals surface area contributed by atoms with Gasteiger partial charge in [-0.1, -0.05) is 6.92 Å². The predicted octanol–water partition coefficient (Wildman–Crippen LogP) is 2.84. The Labute approximate surface area is 152 Å². The average molecular weight is 382 g/mol. The van der Waals surface area contributed by atoms with Crippen LogP contribution in [0.2, 0.25) is 0 Å². The van der Waals surface area contributed by atoms with Gasteiger partial charge >= 0.3 is 5.57 Å². The topological polar surface area (TPSA) is 79.7 Å². The SMILES string of the molecule is C[C@H]1CN(c2ccc(OC(F)(F)Cl)cc2)N=C1NC(=O)c1cncnc1. The van der Waals surface area contributed by atoms with Crippen molar-refractivity contribution in [1.82, 2.24) is 15.3 Å². The fourth-order valence-corrected chi connectivity index (χ4v) is 2.44. The summed E-state index contributed by atoms with van der Waals surface area (Å²) < 4.78 is 29.5. The van der Waals surface area contributed by atoms with Crippen LogP contribution in [0.4, 0.5) is 14.5 Å². The lowest BCUT2D eigenvalue weighted by atomic mass is 10.1. The summed E-state index contributed by atoms with van der Waals surface area (Å²) in [6, 6.07) is 5.88. The minimum Gasteiger partial charge on any atom is -0.420 e. The van der Waals surface area contributed by atoms with Crippen molar-refractivity contribution >= 4 is 29.0 Å². The molecule has 0 unspecified atom stereocenters. The third-order valence-electron chi connectivity index (χ3n) is 3.57. The van der Waals surface area contributed by atoms with Gasteiger partial charge in [0, 0.05) is 29.9 Å². The highest BCUT2D eigenvalue weighted by molar-refractivity contribution is 6.20. The Balaban J connectivity index is 1.69. The Kier molecular flexibility index (Phi) is 4.99. The van der Waals surface area contributed by atoms with E-state index < -0.39 is 5.57 Å². The van der Waals surface area contributed by atoms with Crippen molar-refractivity contribution < 1.29 is 18.3 Å². The Bertz CT molecular complexity index is 812. The number of anilines is 1. The molecule has 0 aliphatic carbocycles. The molecule has 10 heteroatoms. The number of ether oxygens (including phenoxy) is 1. The molecule has 0 saturated heterocycles. The van der Waals surface area contributed by atoms with Crippen LogP contribution in [0, 0.1) is 5.92 Å². The lowest BCUT2D eigenvalue weighted by molar-refractivity contribution is -0.0964. The molecule has 1 atom stereocenters. The molecule has 1 aromatic heterocycles. The lowest BCUT2D eigenvalue weighted by Gasteiger charge is -2.15. The molecule has 7 nitrogen and oxygen atoms in total. The van der Waals surface area contributed by atoms with Gasteiger partial charge in [-0.3, -0.25) is 9.80 Å². The summed E-state index contributed by atoms with van der Waals surface area (Å²) in [6.07, 6.45) is 4.15. The zero-order chi connectivity index (χ0) is 18.7. The van der Waals surface area contributed by atoms with Gasteiger partial charge in [0.15, 0.2) is 0 Å². The minimum atomic E-state index is -3.76. The molecular formula is C16H14ClF2N5O2. The highest BCUT2D eigenvalue weighted by Crippen LogP contribution is 2.28. The summed E-state index contributed by atoms with van der Waals surface area (Å²) in [5.41, 5.74) is -2.78. The molecule has 26 heavy (non-hydrogen) atoms. The van der Waals surface area contributed by atoms with Crippen LogP contribution in [-0.2, 0) is 0 Å². The summed E-state index contributed by atoms with van der Waals surface area (Å²) in [5.74, 6) is 0.0341. The molecule has 2 aromatic rings. The van der Waals surface area contributed by atoms with Gasteiger partial charge in [0.25, 0.3) is 5.91 Å². The second-order valence-electron chi connectivity index (χ2n) is 5.59. The number of amidine groups is 1. The molecular weight excluding hydrogens is 368 g/mol. The summed E-state index contributed by atoms with van der Waals surface area (Å²) in [5, 5.41) is 8.76.